The Morgan fingerprint density at radius 3 is 3.00 bits per heavy atom. The van der Waals surface area contributed by atoms with Crippen molar-refractivity contribution in [1.29, 1.82) is 5.26 Å². The maximum absolute atomic E-state index is 10.8. The molecule has 0 saturated heterocycles. The van der Waals surface area contributed by atoms with E-state index in [0.717, 1.165) is 10.9 Å². The third kappa shape index (κ3) is 2.32. The molecule has 2 aromatic rings. The largest absolute Gasteiger partial charge is 0.415 e. The van der Waals surface area contributed by atoms with Gasteiger partial charge in [-0.25, -0.2) is 0 Å². The lowest BCUT2D eigenvalue weighted by Crippen LogP contribution is -1.96. The van der Waals surface area contributed by atoms with Crippen LogP contribution in [0.25, 0.3) is 17.0 Å². The van der Waals surface area contributed by atoms with E-state index in [1.54, 1.807) is 6.07 Å². The standard InChI is InChI=1S/C12H9N3O2/c1-8(16)17-9(7-13)6-12-10-4-2-3-5-11(10)14-15-12/h2-6H,1H3,(H,14,15). The lowest BCUT2D eigenvalue weighted by Gasteiger charge is -1.96. The van der Waals surface area contributed by atoms with Gasteiger partial charge in [-0.05, 0) is 6.07 Å². The number of allylic oxidation sites excluding steroid dienone is 1. The average molecular weight is 227 g/mol. The molecule has 0 aliphatic heterocycles. The van der Waals surface area contributed by atoms with Crippen molar-refractivity contribution in [1.82, 2.24) is 10.2 Å². The summed E-state index contributed by atoms with van der Waals surface area (Å²) >= 11 is 0. The quantitative estimate of drug-likeness (QED) is 0.483. The van der Waals surface area contributed by atoms with Gasteiger partial charge in [0, 0.05) is 18.4 Å². The number of nitriles is 1. The third-order valence-corrected chi connectivity index (χ3v) is 2.13. The van der Waals surface area contributed by atoms with Crippen LogP contribution in [0, 0.1) is 11.3 Å². The van der Waals surface area contributed by atoms with Gasteiger partial charge in [0.15, 0.2) is 0 Å². The number of hydrogen-bond donors (Lipinski definition) is 1. The first-order valence-electron chi connectivity index (χ1n) is 4.94. The maximum Gasteiger partial charge on any atom is 0.308 e. The van der Waals surface area contributed by atoms with Crippen LogP contribution in [-0.4, -0.2) is 16.2 Å². The fourth-order valence-electron chi connectivity index (χ4n) is 1.46. The molecular weight excluding hydrogens is 218 g/mol. The van der Waals surface area contributed by atoms with E-state index in [4.69, 9.17) is 10.00 Å². The van der Waals surface area contributed by atoms with Crippen LogP contribution in [0.15, 0.2) is 30.0 Å². The number of rotatable bonds is 2. The summed E-state index contributed by atoms with van der Waals surface area (Å²) in [5, 5.41) is 16.5. The molecule has 1 aromatic heterocycles. The van der Waals surface area contributed by atoms with Crippen LogP contribution < -0.4 is 0 Å². The number of H-pyrrole nitrogens is 1. The lowest BCUT2D eigenvalue weighted by atomic mass is 10.2. The van der Waals surface area contributed by atoms with Gasteiger partial charge < -0.3 is 4.74 Å². The van der Waals surface area contributed by atoms with Gasteiger partial charge in [-0.3, -0.25) is 9.89 Å². The summed E-state index contributed by atoms with van der Waals surface area (Å²) in [6, 6.07) is 9.26. The number of aromatic nitrogens is 2. The Hall–Kier alpha value is -2.61. The van der Waals surface area contributed by atoms with Gasteiger partial charge in [-0.2, -0.15) is 10.4 Å². The van der Waals surface area contributed by atoms with Crippen molar-refractivity contribution >= 4 is 22.9 Å². The zero-order valence-electron chi connectivity index (χ0n) is 9.10. The number of ether oxygens (including phenoxy) is 1. The molecule has 5 heteroatoms. The Bertz CT molecular complexity index is 634. The molecular formula is C12H9N3O2. The SMILES string of the molecule is CC(=O)OC(C#N)=Cc1[nH]nc2ccccc12. The van der Waals surface area contributed by atoms with Crippen LogP contribution in [0.2, 0.25) is 0 Å². The highest BCUT2D eigenvalue weighted by atomic mass is 16.5. The van der Waals surface area contributed by atoms with Crippen LogP contribution in [-0.2, 0) is 9.53 Å². The predicted molar refractivity (Wildman–Crippen MR) is 61.4 cm³/mol. The van der Waals surface area contributed by atoms with Crippen molar-refractivity contribution < 1.29 is 9.53 Å². The Morgan fingerprint density at radius 2 is 2.29 bits per heavy atom. The number of nitrogens with zero attached hydrogens (tertiary/aromatic N) is 2. The van der Waals surface area contributed by atoms with Crippen molar-refractivity contribution in [3.05, 3.63) is 35.7 Å². The molecule has 0 amide bonds. The van der Waals surface area contributed by atoms with Crippen LogP contribution in [0.5, 0.6) is 0 Å². The Kier molecular flexibility index (Phi) is 2.88. The molecule has 0 saturated carbocycles. The van der Waals surface area contributed by atoms with E-state index < -0.39 is 5.97 Å². The smallest absolute Gasteiger partial charge is 0.308 e. The van der Waals surface area contributed by atoms with Gasteiger partial charge in [0.25, 0.3) is 0 Å². The molecule has 0 radical (unpaired) electrons. The number of para-hydroxylation sites is 1. The molecule has 1 heterocycles. The molecule has 0 atom stereocenters. The van der Waals surface area contributed by atoms with Gasteiger partial charge in [-0.1, -0.05) is 18.2 Å². The number of nitrogens with one attached hydrogen (secondary N) is 1. The molecule has 84 valence electrons. The molecule has 0 spiro atoms. The van der Waals surface area contributed by atoms with E-state index in [1.165, 1.54) is 13.0 Å². The number of aromatic amines is 1. The molecule has 1 N–H and O–H groups in total. The Morgan fingerprint density at radius 1 is 1.53 bits per heavy atom. The summed E-state index contributed by atoms with van der Waals surface area (Å²) in [5.74, 6) is -0.589. The fourth-order valence-corrected chi connectivity index (χ4v) is 1.46. The van der Waals surface area contributed by atoms with Crippen molar-refractivity contribution in [3.63, 3.8) is 0 Å². The number of esters is 1. The molecule has 0 fully saturated rings. The van der Waals surface area contributed by atoms with Gasteiger partial charge in [0.1, 0.15) is 6.07 Å². The molecule has 0 aliphatic rings. The van der Waals surface area contributed by atoms with Crippen molar-refractivity contribution in [2.45, 2.75) is 6.92 Å². The lowest BCUT2D eigenvalue weighted by molar-refractivity contribution is -0.136. The highest BCUT2D eigenvalue weighted by molar-refractivity contribution is 5.87. The summed E-state index contributed by atoms with van der Waals surface area (Å²) in [5.41, 5.74) is 1.43. The van der Waals surface area contributed by atoms with Crippen molar-refractivity contribution in [2.75, 3.05) is 0 Å². The Balaban J connectivity index is 2.43. The summed E-state index contributed by atoms with van der Waals surface area (Å²) < 4.78 is 4.74. The number of hydrogen-bond acceptors (Lipinski definition) is 4. The maximum atomic E-state index is 10.8. The first-order valence-corrected chi connectivity index (χ1v) is 4.94. The first kappa shape index (κ1) is 10.9. The zero-order valence-corrected chi connectivity index (χ0v) is 9.10. The van der Waals surface area contributed by atoms with Gasteiger partial charge in [0.05, 0.1) is 11.2 Å². The van der Waals surface area contributed by atoms with Crippen LogP contribution in [0.1, 0.15) is 12.6 Å². The monoisotopic (exact) mass is 227 g/mol. The first-order chi connectivity index (χ1) is 8.20. The summed E-state index contributed by atoms with van der Waals surface area (Å²) in [7, 11) is 0. The second kappa shape index (κ2) is 4.49. The van der Waals surface area contributed by atoms with E-state index in [2.05, 4.69) is 10.2 Å². The molecule has 0 bridgehead atoms. The highest BCUT2D eigenvalue weighted by Gasteiger charge is 2.06. The minimum absolute atomic E-state index is 0.0631. The molecule has 2 rings (SSSR count). The highest BCUT2D eigenvalue weighted by Crippen LogP contribution is 2.17. The molecule has 1 aromatic carbocycles. The van der Waals surface area contributed by atoms with Crippen molar-refractivity contribution in [3.8, 4) is 6.07 Å². The minimum Gasteiger partial charge on any atom is -0.415 e. The summed E-state index contributed by atoms with van der Waals surface area (Å²) in [6.07, 6.45) is 1.46. The molecule has 5 nitrogen and oxygen atoms in total. The van der Waals surface area contributed by atoms with Gasteiger partial charge in [0.2, 0.25) is 5.76 Å². The van der Waals surface area contributed by atoms with Crippen LogP contribution >= 0.6 is 0 Å². The van der Waals surface area contributed by atoms with Crippen molar-refractivity contribution in [2.24, 2.45) is 0 Å². The second-order valence-corrected chi connectivity index (χ2v) is 3.37. The van der Waals surface area contributed by atoms with Crippen LogP contribution in [0.4, 0.5) is 0 Å². The van der Waals surface area contributed by atoms with Gasteiger partial charge >= 0.3 is 5.97 Å². The molecule has 17 heavy (non-hydrogen) atoms. The van der Waals surface area contributed by atoms with E-state index in [0.29, 0.717) is 5.69 Å². The normalized spacial score (nSPS) is 11.2. The Labute approximate surface area is 97.3 Å². The van der Waals surface area contributed by atoms with E-state index >= 15 is 0 Å². The van der Waals surface area contributed by atoms with E-state index in [1.807, 2.05) is 24.3 Å². The topological polar surface area (TPSA) is 78.8 Å². The summed E-state index contributed by atoms with van der Waals surface area (Å²) in [4.78, 5) is 10.8. The number of carbonyl (C=O) groups excluding carboxylic acids is 1. The molecule has 0 aliphatic carbocycles. The van der Waals surface area contributed by atoms with E-state index in [9.17, 15) is 4.79 Å². The number of fused-ring (bicyclic) bond motifs is 1. The zero-order chi connectivity index (χ0) is 12.3. The second-order valence-electron chi connectivity index (χ2n) is 3.37. The minimum atomic E-state index is -0.526. The van der Waals surface area contributed by atoms with E-state index in [-0.39, 0.29) is 5.76 Å². The average Bonchev–Trinajstić information content (AvgIpc) is 2.71. The third-order valence-electron chi connectivity index (χ3n) is 2.13. The predicted octanol–water partition coefficient (Wildman–Crippen LogP) is 1.99. The van der Waals surface area contributed by atoms with Crippen LogP contribution in [0.3, 0.4) is 0 Å². The molecule has 0 unspecified atom stereocenters. The fraction of sp³-hybridized carbons (Fsp3) is 0.0833. The van der Waals surface area contributed by atoms with Gasteiger partial charge in [-0.15, -0.1) is 0 Å². The summed E-state index contributed by atoms with van der Waals surface area (Å²) in [6.45, 7) is 1.25. The number of carbonyl (C=O) groups is 1. The number of benzene rings is 1.